The summed E-state index contributed by atoms with van der Waals surface area (Å²) in [6.45, 7) is 1.95. The third kappa shape index (κ3) is 2.13. The van der Waals surface area contributed by atoms with Crippen molar-refractivity contribution in [3.05, 3.63) is 66.2 Å². The van der Waals surface area contributed by atoms with Gasteiger partial charge in [-0.2, -0.15) is 4.99 Å². The molecule has 0 aromatic heterocycles. The maximum atomic E-state index is 10.4. The molecule has 3 aromatic rings. The first-order chi connectivity index (χ1) is 9.79. The van der Waals surface area contributed by atoms with Gasteiger partial charge in [-0.25, -0.2) is 4.79 Å². The molecular weight excluding hydrogens is 246 g/mol. The van der Waals surface area contributed by atoms with Gasteiger partial charge in [0, 0.05) is 0 Å². The second-order valence-corrected chi connectivity index (χ2v) is 4.73. The van der Waals surface area contributed by atoms with Crippen molar-refractivity contribution in [3.8, 4) is 11.1 Å². The van der Waals surface area contributed by atoms with E-state index in [1.165, 1.54) is 16.3 Å². The van der Waals surface area contributed by atoms with Gasteiger partial charge in [0.05, 0.1) is 5.69 Å². The molecule has 0 amide bonds. The van der Waals surface area contributed by atoms with Crippen molar-refractivity contribution in [2.45, 2.75) is 6.92 Å². The van der Waals surface area contributed by atoms with E-state index in [9.17, 15) is 4.79 Å². The number of hydrogen-bond acceptors (Lipinski definition) is 2. The van der Waals surface area contributed by atoms with Crippen LogP contribution >= 0.6 is 0 Å². The molecule has 0 N–H and O–H groups in total. The van der Waals surface area contributed by atoms with E-state index >= 15 is 0 Å². The summed E-state index contributed by atoms with van der Waals surface area (Å²) in [6, 6.07) is 20.5. The molecule has 96 valence electrons. The third-order valence-electron chi connectivity index (χ3n) is 3.46. The van der Waals surface area contributed by atoms with Crippen molar-refractivity contribution < 1.29 is 4.79 Å². The molecule has 0 bridgehead atoms. The monoisotopic (exact) mass is 259 g/mol. The number of benzene rings is 3. The first kappa shape index (κ1) is 12.3. The quantitative estimate of drug-likeness (QED) is 0.481. The van der Waals surface area contributed by atoms with Crippen molar-refractivity contribution in [2.24, 2.45) is 4.99 Å². The molecule has 3 rings (SSSR count). The molecule has 20 heavy (non-hydrogen) atoms. The zero-order valence-electron chi connectivity index (χ0n) is 11.1. The number of carbonyl (C=O) groups excluding carboxylic acids is 1. The predicted octanol–water partition coefficient (Wildman–Crippen LogP) is 4.78. The highest BCUT2D eigenvalue weighted by Gasteiger charge is 2.05. The summed E-state index contributed by atoms with van der Waals surface area (Å²) in [7, 11) is 0. The largest absolute Gasteiger partial charge is 0.240 e. The number of fused-ring (bicyclic) bond motifs is 1. The average Bonchev–Trinajstić information content (AvgIpc) is 2.49. The summed E-state index contributed by atoms with van der Waals surface area (Å²) >= 11 is 0. The van der Waals surface area contributed by atoms with E-state index < -0.39 is 0 Å². The summed E-state index contributed by atoms with van der Waals surface area (Å²) < 4.78 is 0. The highest BCUT2D eigenvalue weighted by Crippen LogP contribution is 2.31. The summed E-state index contributed by atoms with van der Waals surface area (Å²) in [4.78, 5) is 14.1. The Balaban J connectivity index is 2.21. The molecule has 0 radical (unpaired) electrons. The van der Waals surface area contributed by atoms with Gasteiger partial charge in [-0.05, 0) is 46.5 Å². The van der Waals surface area contributed by atoms with Gasteiger partial charge in [-0.1, -0.05) is 48.5 Å². The lowest BCUT2D eigenvalue weighted by Crippen LogP contribution is -1.83. The van der Waals surface area contributed by atoms with E-state index in [-0.39, 0.29) is 0 Å². The van der Waals surface area contributed by atoms with Gasteiger partial charge in [0.1, 0.15) is 0 Å². The van der Waals surface area contributed by atoms with Crippen LogP contribution in [0.4, 0.5) is 5.69 Å². The third-order valence-corrected chi connectivity index (χ3v) is 3.46. The normalized spacial score (nSPS) is 10.2. The molecule has 0 aliphatic rings. The number of hydrogen-bond donors (Lipinski definition) is 0. The maximum Gasteiger partial charge on any atom is 0.240 e. The molecule has 0 aliphatic heterocycles. The molecule has 0 spiro atoms. The van der Waals surface area contributed by atoms with Crippen LogP contribution in [0, 0.1) is 6.92 Å². The molecule has 0 heterocycles. The lowest BCUT2D eigenvalue weighted by molar-refractivity contribution is 0.565. The van der Waals surface area contributed by atoms with Crippen molar-refractivity contribution in [2.75, 3.05) is 0 Å². The molecule has 2 heteroatoms. The van der Waals surface area contributed by atoms with Gasteiger partial charge in [-0.3, -0.25) is 0 Å². The van der Waals surface area contributed by atoms with E-state index in [0.29, 0.717) is 5.69 Å². The molecule has 0 atom stereocenters. The van der Waals surface area contributed by atoms with Crippen molar-refractivity contribution in [3.63, 3.8) is 0 Å². The summed E-state index contributed by atoms with van der Waals surface area (Å²) in [5.41, 5.74) is 3.96. The molecule has 0 saturated heterocycles. The average molecular weight is 259 g/mol. The minimum Gasteiger partial charge on any atom is -0.211 e. The van der Waals surface area contributed by atoms with Gasteiger partial charge in [-0.15, -0.1) is 0 Å². The fourth-order valence-corrected chi connectivity index (χ4v) is 2.47. The standard InChI is InChI=1S/C18H13NO/c1-13-11-15(9-10-18(13)19-12-20)17-8-4-6-14-5-2-3-7-16(14)17/h2-11H,1H3. The van der Waals surface area contributed by atoms with Gasteiger partial charge >= 0.3 is 0 Å². The van der Waals surface area contributed by atoms with Crippen molar-refractivity contribution in [1.82, 2.24) is 0 Å². The Morgan fingerprint density at radius 3 is 2.55 bits per heavy atom. The summed E-state index contributed by atoms with van der Waals surface area (Å²) in [5.74, 6) is 0. The lowest BCUT2D eigenvalue weighted by Gasteiger charge is -2.08. The molecule has 0 saturated carbocycles. The van der Waals surface area contributed by atoms with E-state index in [0.717, 1.165) is 11.1 Å². The van der Waals surface area contributed by atoms with Gasteiger partial charge in [0.2, 0.25) is 6.08 Å². The van der Waals surface area contributed by atoms with Crippen LogP contribution in [0.2, 0.25) is 0 Å². The smallest absolute Gasteiger partial charge is 0.211 e. The zero-order chi connectivity index (χ0) is 13.9. The topological polar surface area (TPSA) is 29.4 Å². The fraction of sp³-hybridized carbons (Fsp3) is 0.0556. The fourth-order valence-electron chi connectivity index (χ4n) is 2.47. The Kier molecular flexibility index (Phi) is 3.16. The second kappa shape index (κ2) is 5.12. The van der Waals surface area contributed by atoms with Crippen LogP contribution in [0.1, 0.15) is 5.56 Å². The number of aliphatic imine (C=N–C) groups is 1. The van der Waals surface area contributed by atoms with Crippen LogP contribution in [0.3, 0.4) is 0 Å². The zero-order valence-corrected chi connectivity index (χ0v) is 11.1. The van der Waals surface area contributed by atoms with Crippen LogP contribution in [0.15, 0.2) is 65.7 Å². The number of nitrogens with zero attached hydrogens (tertiary/aromatic N) is 1. The molecule has 0 aliphatic carbocycles. The molecule has 0 unspecified atom stereocenters. The van der Waals surface area contributed by atoms with Gasteiger partial charge in [0.15, 0.2) is 0 Å². The first-order valence-corrected chi connectivity index (χ1v) is 6.46. The minimum absolute atomic E-state index is 0.670. The molecular formula is C18H13NO. The Morgan fingerprint density at radius 2 is 1.75 bits per heavy atom. The minimum atomic E-state index is 0.670. The van der Waals surface area contributed by atoms with E-state index in [1.807, 2.05) is 31.2 Å². The number of isocyanates is 1. The Bertz CT molecular complexity index is 824. The Morgan fingerprint density at radius 1 is 0.950 bits per heavy atom. The van der Waals surface area contributed by atoms with Crippen LogP contribution < -0.4 is 0 Å². The maximum absolute atomic E-state index is 10.4. The predicted molar refractivity (Wildman–Crippen MR) is 81.9 cm³/mol. The van der Waals surface area contributed by atoms with E-state index in [4.69, 9.17) is 0 Å². The summed E-state index contributed by atoms with van der Waals surface area (Å²) in [5, 5.41) is 2.44. The van der Waals surface area contributed by atoms with Gasteiger partial charge < -0.3 is 0 Å². The van der Waals surface area contributed by atoms with Crippen LogP contribution in [0.25, 0.3) is 21.9 Å². The molecule has 0 fully saturated rings. The molecule has 2 nitrogen and oxygen atoms in total. The number of aryl methyl sites for hydroxylation is 1. The Labute approximate surface area is 117 Å². The molecule has 3 aromatic carbocycles. The second-order valence-electron chi connectivity index (χ2n) is 4.73. The van der Waals surface area contributed by atoms with Crippen LogP contribution in [-0.2, 0) is 4.79 Å². The Hall–Kier alpha value is -2.70. The number of rotatable bonds is 2. The first-order valence-electron chi connectivity index (χ1n) is 6.46. The van der Waals surface area contributed by atoms with Crippen LogP contribution in [0.5, 0.6) is 0 Å². The summed E-state index contributed by atoms with van der Waals surface area (Å²) in [6.07, 6.45) is 1.59. The van der Waals surface area contributed by atoms with E-state index in [1.54, 1.807) is 6.08 Å². The highest BCUT2D eigenvalue weighted by molar-refractivity contribution is 5.96. The van der Waals surface area contributed by atoms with E-state index in [2.05, 4.69) is 41.4 Å². The van der Waals surface area contributed by atoms with Crippen molar-refractivity contribution >= 4 is 22.5 Å². The SMILES string of the molecule is Cc1cc(-c2cccc3ccccc23)ccc1N=C=O. The van der Waals surface area contributed by atoms with Crippen LogP contribution in [-0.4, -0.2) is 6.08 Å². The van der Waals surface area contributed by atoms with Crippen molar-refractivity contribution in [1.29, 1.82) is 0 Å². The lowest BCUT2D eigenvalue weighted by atomic mass is 9.97. The highest BCUT2D eigenvalue weighted by atomic mass is 16.1. The van der Waals surface area contributed by atoms with Gasteiger partial charge in [0.25, 0.3) is 0 Å².